The van der Waals surface area contributed by atoms with Crippen molar-refractivity contribution in [2.24, 2.45) is 9.98 Å². The van der Waals surface area contributed by atoms with Gasteiger partial charge >= 0.3 is 0 Å². The van der Waals surface area contributed by atoms with Crippen LogP contribution < -0.4 is 0 Å². The van der Waals surface area contributed by atoms with E-state index in [0.717, 1.165) is 7.42 Å². The zero-order valence-corrected chi connectivity index (χ0v) is 8.62. The molecule has 4 heteroatoms. The molecule has 0 radical (unpaired) electrons. The van der Waals surface area contributed by atoms with E-state index in [4.69, 9.17) is 0 Å². The van der Waals surface area contributed by atoms with E-state index < -0.39 is 0 Å². The van der Waals surface area contributed by atoms with Crippen molar-refractivity contribution >= 4 is 54.9 Å². The van der Waals surface area contributed by atoms with Crippen molar-refractivity contribution < 1.29 is 0 Å². The van der Waals surface area contributed by atoms with Crippen LogP contribution in [-0.2, 0) is 0 Å². The van der Waals surface area contributed by atoms with E-state index in [1.54, 1.807) is 6.20 Å². The van der Waals surface area contributed by atoms with Crippen LogP contribution in [0.15, 0.2) is 25.8 Å². The highest BCUT2D eigenvalue weighted by molar-refractivity contribution is 14.1. The molecule has 0 aromatic heterocycles. The standard InChI is InChI=1S/C5H2I2N2/c6-4-1-2-8-5(7)9-3-4/h1-2H. The fourth-order valence-electron chi connectivity index (χ4n) is 0.330. The van der Waals surface area contributed by atoms with Crippen molar-refractivity contribution in [3.63, 3.8) is 0 Å². The first-order valence-corrected chi connectivity index (χ1v) is 4.34. The minimum absolute atomic E-state index is 0.718. The topological polar surface area (TPSA) is 24.7 Å². The number of amidine groups is 1. The third-order valence-electron chi connectivity index (χ3n) is 0.657. The Morgan fingerprint density at radius 2 is 2.22 bits per heavy atom. The van der Waals surface area contributed by atoms with Gasteiger partial charge in [-0.25, -0.2) is 4.99 Å². The van der Waals surface area contributed by atoms with Crippen molar-refractivity contribution in [3.8, 4) is 0 Å². The Labute approximate surface area is 80.1 Å². The lowest BCUT2D eigenvalue weighted by Crippen LogP contribution is -1.72. The fraction of sp³-hybridized carbons (Fsp3) is 0. The molecule has 0 saturated carbocycles. The average molecular weight is 344 g/mol. The summed E-state index contributed by atoms with van der Waals surface area (Å²) < 4.78 is 1.69. The molecule has 0 aromatic rings. The van der Waals surface area contributed by atoms with Crippen LogP contribution in [0.1, 0.15) is 0 Å². The molecule has 0 saturated heterocycles. The summed E-state index contributed by atoms with van der Waals surface area (Å²) in [5.74, 6) is 2.80. The SMILES string of the molecule is IC1=C=NC(I)=NC=C1. The monoisotopic (exact) mass is 344 g/mol. The first kappa shape index (κ1) is 7.43. The molecule has 2 nitrogen and oxygen atoms in total. The summed E-state index contributed by atoms with van der Waals surface area (Å²) in [5, 5.41) is 0. The molecule has 0 spiro atoms. The third-order valence-corrected chi connectivity index (χ3v) is 1.78. The summed E-state index contributed by atoms with van der Waals surface area (Å²) in [6.07, 6.45) is 3.57. The van der Waals surface area contributed by atoms with Crippen molar-refractivity contribution in [1.29, 1.82) is 0 Å². The summed E-state index contributed by atoms with van der Waals surface area (Å²) in [6.45, 7) is 0. The van der Waals surface area contributed by atoms with Gasteiger partial charge < -0.3 is 0 Å². The van der Waals surface area contributed by atoms with Gasteiger partial charge in [0, 0.05) is 34.7 Å². The van der Waals surface area contributed by atoms with Gasteiger partial charge in [-0.15, -0.1) is 0 Å². The van der Waals surface area contributed by atoms with Gasteiger partial charge in [-0.2, -0.15) is 4.99 Å². The van der Waals surface area contributed by atoms with Crippen LogP contribution in [-0.4, -0.2) is 9.71 Å². The molecule has 0 fully saturated rings. The molecule has 0 aliphatic carbocycles. The molecule has 0 atom stereocenters. The van der Waals surface area contributed by atoms with Gasteiger partial charge in [-0.3, -0.25) is 0 Å². The highest BCUT2D eigenvalue weighted by Gasteiger charge is 1.88. The van der Waals surface area contributed by atoms with Gasteiger partial charge in [-0.05, 0) is 28.7 Å². The van der Waals surface area contributed by atoms with Crippen LogP contribution >= 0.6 is 45.2 Å². The molecular formula is C5H2I2N2. The molecule has 0 amide bonds. The lowest BCUT2D eigenvalue weighted by atomic mass is 10.6. The fourth-order valence-corrected chi connectivity index (χ4v) is 0.893. The summed E-state index contributed by atoms with van der Waals surface area (Å²) in [6, 6.07) is 0. The largest absolute Gasteiger partial charge is 0.231 e. The van der Waals surface area contributed by atoms with Crippen molar-refractivity contribution in [2.45, 2.75) is 0 Å². The number of allylic oxidation sites excluding steroid dienone is 2. The second kappa shape index (κ2) is 3.48. The molecule has 0 unspecified atom stereocenters. The highest BCUT2D eigenvalue weighted by atomic mass is 127. The first-order chi connectivity index (χ1) is 4.29. The third kappa shape index (κ3) is 2.59. The second-order valence-electron chi connectivity index (χ2n) is 1.29. The molecule has 1 aliphatic heterocycles. The van der Waals surface area contributed by atoms with Crippen LogP contribution in [0, 0.1) is 0 Å². The first-order valence-electron chi connectivity index (χ1n) is 2.18. The van der Waals surface area contributed by atoms with Gasteiger partial charge in [0.1, 0.15) is 0 Å². The van der Waals surface area contributed by atoms with E-state index in [0.29, 0.717) is 0 Å². The summed E-state index contributed by atoms with van der Waals surface area (Å²) in [7, 11) is 0. The molecule has 0 N–H and O–H groups in total. The van der Waals surface area contributed by atoms with Gasteiger partial charge in [0.2, 0.25) is 0 Å². The van der Waals surface area contributed by atoms with E-state index in [1.165, 1.54) is 0 Å². The predicted molar refractivity (Wildman–Crippen MR) is 55.6 cm³/mol. The van der Waals surface area contributed by atoms with Crippen molar-refractivity contribution in [1.82, 2.24) is 0 Å². The smallest absolute Gasteiger partial charge is 0.199 e. The lowest BCUT2D eigenvalue weighted by molar-refractivity contribution is 1.57. The minimum Gasteiger partial charge on any atom is -0.231 e. The molecule has 1 rings (SSSR count). The Morgan fingerprint density at radius 1 is 1.44 bits per heavy atom. The normalized spacial score (nSPS) is 16.7. The molecule has 1 heterocycles. The van der Waals surface area contributed by atoms with Gasteiger partial charge in [-0.1, -0.05) is 0 Å². The second-order valence-corrected chi connectivity index (χ2v) is 3.41. The maximum atomic E-state index is 3.94. The zero-order chi connectivity index (χ0) is 6.69. The maximum absolute atomic E-state index is 3.94. The van der Waals surface area contributed by atoms with Crippen LogP contribution in [0.25, 0.3) is 0 Å². The highest BCUT2D eigenvalue weighted by Crippen LogP contribution is 2.06. The number of hydrogen-bond donors (Lipinski definition) is 0. The molecule has 9 heavy (non-hydrogen) atoms. The number of aliphatic imine (C=N–C) groups is 2. The predicted octanol–water partition coefficient (Wildman–Crippen LogP) is 2.29. The van der Waals surface area contributed by atoms with E-state index in [-0.39, 0.29) is 0 Å². The average Bonchev–Trinajstić information content (AvgIpc) is 1.97. The zero-order valence-electron chi connectivity index (χ0n) is 4.31. The van der Waals surface area contributed by atoms with Gasteiger partial charge in [0.15, 0.2) is 3.84 Å². The maximum Gasteiger partial charge on any atom is 0.199 e. The van der Waals surface area contributed by atoms with Crippen LogP contribution in [0.3, 0.4) is 0 Å². The number of hydrogen-bond acceptors (Lipinski definition) is 2. The van der Waals surface area contributed by atoms with Crippen LogP contribution in [0.2, 0.25) is 0 Å². The Bertz CT molecular complexity index is 233. The minimum atomic E-state index is 0.718. The van der Waals surface area contributed by atoms with Crippen LogP contribution in [0.5, 0.6) is 0 Å². The number of halogens is 2. The van der Waals surface area contributed by atoms with E-state index in [9.17, 15) is 0 Å². The molecule has 0 aromatic carbocycles. The van der Waals surface area contributed by atoms with Crippen molar-refractivity contribution in [2.75, 3.05) is 0 Å². The molecule has 0 bridgehead atoms. The van der Waals surface area contributed by atoms with Crippen molar-refractivity contribution in [3.05, 3.63) is 15.9 Å². The van der Waals surface area contributed by atoms with Gasteiger partial charge in [0.05, 0.1) is 3.58 Å². The molecule has 46 valence electrons. The van der Waals surface area contributed by atoms with Gasteiger partial charge in [0.25, 0.3) is 0 Å². The summed E-state index contributed by atoms with van der Waals surface area (Å²) in [5.41, 5.74) is 0. The Hall–Kier alpha value is 0.320. The quantitative estimate of drug-likeness (QED) is 0.476. The van der Waals surface area contributed by atoms with E-state index in [1.807, 2.05) is 28.7 Å². The van der Waals surface area contributed by atoms with E-state index >= 15 is 0 Å². The molecular weight excluding hydrogens is 342 g/mol. The lowest BCUT2D eigenvalue weighted by Gasteiger charge is -1.75. The number of nitrogens with zero attached hydrogens (tertiary/aromatic N) is 2. The number of rotatable bonds is 0. The van der Waals surface area contributed by atoms with E-state index in [2.05, 4.69) is 38.4 Å². The molecule has 1 aliphatic rings. The Kier molecular flexibility index (Phi) is 2.87. The van der Waals surface area contributed by atoms with Crippen LogP contribution in [0.4, 0.5) is 0 Å². The Balaban J connectivity index is 3.01. The summed E-state index contributed by atoms with van der Waals surface area (Å²) >= 11 is 4.18. The Morgan fingerprint density at radius 3 is 3.00 bits per heavy atom. The summed E-state index contributed by atoms with van der Waals surface area (Å²) in [4.78, 5) is 7.83.